The predicted octanol–water partition coefficient (Wildman–Crippen LogP) is 1.61. The molecule has 1 aromatic heterocycles. The van der Waals surface area contributed by atoms with Crippen molar-refractivity contribution in [2.45, 2.75) is 19.3 Å². The molecular weight excluding hydrogens is 232 g/mol. The number of carbonyl (C=O) groups excluding carboxylic acids is 1. The van der Waals surface area contributed by atoms with Gasteiger partial charge in [-0.1, -0.05) is 6.07 Å². The van der Waals surface area contributed by atoms with Crippen LogP contribution in [0.2, 0.25) is 0 Å². The van der Waals surface area contributed by atoms with E-state index in [1.807, 2.05) is 6.07 Å². The number of nitrogens with zero attached hydrogens (tertiary/aromatic N) is 1. The fourth-order valence-corrected chi connectivity index (χ4v) is 1.12. The van der Waals surface area contributed by atoms with Gasteiger partial charge in [0.05, 0.1) is 5.41 Å². The zero-order chi connectivity index (χ0) is 10.1. The van der Waals surface area contributed by atoms with Crippen LogP contribution in [0.1, 0.15) is 19.4 Å². The second-order valence-corrected chi connectivity index (χ2v) is 4.17. The van der Waals surface area contributed by atoms with Gasteiger partial charge in [0, 0.05) is 6.20 Å². The molecular formula is C9H11BrN2O. The summed E-state index contributed by atoms with van der Waals surface area (Å²) < 4.78 is 0.747. The lowest BCUT2D eigenvalue weighted by Crippen LogP contribution is -2.35. The number of amides is 1. The average molecular weight is 243 g/mol. The van der Waals surface area contributed by atoms with E-state index in [-0.39, 0.29) is 5.91 Å². The number of pyridine rings is 1. The van der Waals surface area contributed by atoms with Crippen molar-refractivity contribution in [1.82, 2.24) is 4.98 Å². The van der Waals surface area contributed by atoms with Crippen LogP contribution in [0.4, 0.5) is 0 Å². The van der Waals surface area contributed by atoms with Crippen molar-refractivity contribution < 1.29 is 4.79 Å². The van der Waals surface area contributed by atoms with Crippen molar-refractivity contribution in [3.63, 3.8) is 0 Å². The Morgan fingerprint density at radius 1 is 1.54 bits per heavy atom. The Morgan fingerprint density at radius 2 is 2.15 bits per heavy atom. The van der Waals surface area contributed by atoms with Gasteiger partial charge >= 0.3 is 0 Å². The van der Waals surface area contributed by atoms with Crippen molar-refractivity contribution in [2.24, 2.45) is 5.73 Å². The van der Waals surface area contributed by atoms with E-state index in [4.69, 9.17) is 5.73 Å². The lowest BCUT2D eigenvalue weighted by Gasteiger charge is -2.20. The molecule has 13 heavy (non-hydrogen) atoms. The van der Waals surface area contributed by atoms with Crippen LogP contribution in [0, 0.1) is 0 Å². The number of rotatable bonds is 2. The quantitative estimate of drug-likeness (QED) is 0.802. The molecule has 1 amide bonds. The Labute approximate surface area is 85.5 Å². The van der Waals surface area contributed by atoms with Gasteiger partial charge in [0.2, 0.25) is 5.91 Å². The van der Waals surface area contributed by atoms with Gasteiger partial charge in [-0.05, 0) is 41.4 Å². The monoisotopic (exact) mass is 242 g/mol. The summed E-state index contributed by atoms with van der Waals surface area (Å²) in [4.78, 5) is 15.1. The molecule has 2 N–H and O–H groups in total. The number of halogens is 1. The van der Waals surface area contributed by atoms with Crippen molar-refractivity contribution >= 4 is 21.8 Å². The van der Waals surface area contributed by atoms with E-state index < -0.39 is 5.41 Å². The number of carbonyl (C=O) groups is 1. The van der Waals surface area contributed by atoms with Crippen molar-refractivity contribution in [3.8, 4) is 0 Å². The van der Waals surface area contributed by atoms with Crippen molar-refractivity contribution in [1.29, 1.82) is 0 Å². The zero-order valence-electron chi connectivity index (χ0n) is 7.54. The number of hydrogen-bond donors (Lipinski definition) is 1. The molecule has 0 radical (unpaired) electrons. The molecule has 1 heterocycles. The molecule has 0 saturated carbocycles. The first-order valence-corrected chi connectivity index (χ1v) is 4.66. The van der Waals surface area contributed by atoms with E-state index in [9.17, 15) is 4.79 Å². The summed E-state index contributed by atoms with van der Waals surface area (Å²) >= 11 is 3.22. The van der Waals surface area contributed by atoms with E-state index in [1.165, 1.54) is 0 Å². The summed E-state index contributed by atoms with van der Waals surface area (Å²) in [6, 6.07) is 3.63. The molecule has 0 saturated heterocycles. The van der Waals surface area contributed by atoms with Gasteiger partial charge < -0.3 is 5.73 Å². The Hall–Kier alpha value is -0.900. The van der Waals surface area contributed by atoms with Gasteiger partial charge in [0.25, 0.3) is 0 Å². The molecule has 0 unspecified atom stereocenters. The molecule has 0 spiro atoms. The highest BCUT2D eigenvalue weighted by Gasteiger charge is 2.27. The van der Waals surface area contributed by atoms with E-state index >= 15 is 0 Å². The lowest BCUT2D eigenvalue weighted by atomic mass is 9.85. The zero-order valence-corrected chi connectivity index (χ0v) is 9.13. The molecule has 0 aromatic carbocycles. The molecule has 70 valence electrons. The number of aromatic nitrogens is 1. The van der Waals surface area contributed by atoms with Gasteiger partial charge in [0.1, 0.15) is 4.60 Å². The number of primary amides is 1. The summed E-state index contributed by atoms with van der Waals surface area (Å²) in [5, 5.41) is 0. The maximum atomic E-state index is 11.1. The van der Waals surface area contributed by atoms with Crippen LogP contribution in [0.15, 0.2) is 22.9 Å². The van der Waals surface area contributed by atoms with Crippen LogP contribution in [0.5, 0.6) is 0 Å². The normalized spacial score (nSPS) is 11.3. The first kappa shape index (κ1) is 10.2. The fraction of sp³-hybridized carbons (Fsp3) is 0.333. The van der Waals surface area contributed by atoms with Gasteiger partial charge in [-0.2, -0.15) is 0 Å². The SMILES string of the molecule is CC(C)(C(N)=O)c1ccc(Br)nc1. The third-order valence-electron chi connectivity index (χ3n) is 2.07. The third kappa shape index (κ3) is 2.06. The summed E-state index contributed by atoms with van der Waals surface area (Å²) in [6.07, 6.45) is 1.65. The smallest absolute Gasteiger partial charge is 0.227 e. The number of nitrogens with two attached hydrogens (primary N) is 1. The Balaban J connectivity index is 3.08. The molecule has 3 nitrogen and oxygen atoms in total. The predicted molar refractivity (Wildman–Crippen MR) is 54.2 cm³/mol. The van der Waals surface area contributed by atoms with E-state index in [1.54, 1.807) is 26.1 Å². The summed E-state index contributed by atoms with van der Waals surface area (Å²) in [6.45, 7) is 3.56. The molecule has 0 bridgehead atoms. The van der Waals surface area contributed by atoms with Crippen LogP contribution < -0.4 is 5.73 Å². The summed E-state index contributed by atoms with van der Waals surface area (Å²) in [7, 11) is 0. The highest BCUT2D eigenvalue weighted by molar-refractivity contribution is 9.10. The molecule has 0 fully saturated rings. The van der Waals surface area contributed by atoms with E-state index in [0.717, 1.165) is 10.2 Å². The van der Waals surface area contributed by atoms with E-state index in [2.05, 4.69) is 20.9 Å². The van der Waals surface area contributed by atoms with Crippen molar-refractivity contribution in [3.05, 3.63) is 28.5 Å². The molecule has 1 rings (SSSR count). The van der Waals surface area contributed by atoms with Gasteiger partial charge in [-0.3, -0.25) is 4.79 Å². The molecule has 0 aliphatic carbocycles. The maximum absolute atomic E-state index is 11.1. The van der Waals surface area contributed by atoms with Crippen LogP contribution >= 0.6 is 15.9 Å². The Morgan fingerprint density at radius 3 is 2.54 bits per heavy atom. The maximum Gasteiger partial charge on any atom is 0.227 e. The Bertz CT molecular complexity index is 319. The average Bonchev–Trinajstić information content (AvgIpc) is 2.04. The minimum atomic E-state index is -0.659. The summed E-state index contributed by atoms with van der Waals surface area (Å²) in [5.74, 6) is -0.350. The fourth-order valence-electron chi connectivity index (χ4n) is 0.888. The number of hydrogen-bond acceptors (Lipinski definition) is 2. The minimum absolute atomic E-state index is 0.350. The molecule has 0 atom stereocenters. The van der Waals surface area contributed by atoms with Crippen LogP contribution in [0.3, 0.4) is 0 Å². The molecule has 4 heteroatoms. The van der Waals surface area contributed by atoms with Gasteiger partial charge in [-0.15, -0.1) is 0 Å². The van der Waals surface area contributed by atoms with Gasteiger partial charge in [-0.25, -0.2) is 4.98 Å². The highest BCUT2D eigenvalue weighted by atomic mass is 79.9. The van der Waals surface area contributed by atoms with Crippen LogP contribution in [-0.2, 0) is 10.2 Å². The third-order valence-corrected chi connectivity index (χ3v) is 2.53. The van der Waals surface area contributed by atoms with E-state index in [0.29, 0.717) is 0 Å². The molecule has 0 aliphatic rings. The van der Waals surface area contributed by atoms with Crippen molar-refractivity contribution in [2.75, 3.05) is 0 Å². The Kier molecular flexibility index (Phi) is 2.71. The molecule has 1 aromatic rings. The standard InChI is InChI=1S/C9H11BrN2O/c1-9(2,8(11)13)6-3-4-7(10)12-5-6/h3-5H,1-2H3,(H2,11,13). The first-order chi connectivity index (χ1) is 5.94. The lowest BCUT2D eigenvalue weighted by molar-refractivity contribution is -0.122. The molecule has 0 aliphatic heterocycles. The largest absolute Gasteiger partial charge is 0.369 e. The highest BCUT2D eigenvalue weighted by Crippen LogP contribution is 2.22. The van der Waals surface area contributed by atoms with Gasteiger partial charge in [0.15, 0.2) is 0 Å². The second-order valence-electron chi connectivity index (χ2n) is 3.36. The summed E-state index contributed by atoms with van der Waals surface area (Å²) in [5.41, 5.74) is 5.43. The minimum Gasteiger partial charge on any atom is -0.369 e. The van der Waals surface area contributed by atoms with Crippen LogP contribution in [-0.4, -0.2) is 10.9 Å². The first-order valence-electron chi connectivity index (χ1n) is 3.86. The second kappa shape index (κ2) is 3.46. The topological polar surface area (TPSA) is 56.0 Å². The van der Waals surface area contributed by atoms with Crippen LogP contribution in [0.25, 0.3) is 0 Å².